The molecule has 2 atom stereocenters. The summed E-state index contributed by atoms with van der Waals surface area (Å²) in [4.78, 5) is 2.16. The van der Waals surface area contributed by atoms with Crippen molar-refractivity contribution in [3.8, 4) is 29.1 Å². The second-order valence-corrected chi connectivity index (χ2v) is 5.31. The van der Waals surface area contributed by atoms with E-state index in [1.807, 2.05) is 13.1 Å². The Bertz CT molecular complexity index is 615. The van der Waals surface area contributed by atoms with E-state index in [1.54, 1.807) is 14.0 Å². The fraction of sp³-hybridized carbons (Fsp3) is 0.500. The summed E-state index contributed by atoms with van der Waals surface area (Å²) >= 11 is 0. The van der Waals surface area contributed by atoms with E-state index in [1.165, 1.54) is 5.56 Å². The lowest BCUT2D eigenvalue weighted by Crippen LogP contribution is -2.32. The molecule has 0 spiro atoms. The monoisotopic (exact) mass is 289 g/mol. The molecule has 0 radical (unpaired) electrons. The molecular weight excluding hydrogens is 270 g/mol. The molecule has 1 aromatic rings. The van der Waals surface area contributed by atoms with Crippen LogP contribution in [0.4, 0.5) is 0 Å². The van der Waals surface area contributed by atoms with Crippen LogP contribution in [0.2, 0.25) is 0 Å². The van der Waals surface area contributed by atoms with Crippen molar-refractivity contribution in [2.75, 3.05) is 27.5 Å². The van der Waals surface area contributed by atoms with Gasteiger partial charge in [0.15, 0.2) is 11.5 Å². The summed E-state index contributed by atoms with van der Waals surface area (Å²) in [7, 11) is 3.65. The van der Waals surface area contributed by atoms with E-state index in [-0.39, 0.29) is 12.8 Å². The summed E-state index contributed by atoms with van der Waals surface area (Å²) < 4.78 is 16.6. The van der Waals surface area contributed by atoms with Crippen LogP contribution in [0, 0.1) is 11.8 Å². The number of nitrogens with zero attached hydrogens (tertiary/aromatic N) is 1. The second kappa shape index (κ2) is 5.47. The molecule has 112 valence electrons. The summed E-state index contributed by atoms with van der Waals surface area (Å²) in [5.41, 5.74) is 2.18. The average molecular weight is 289 g/mol. The topological polar surface area (TPSA) is 51.2 Å². The average Bonchev–Trinajstić information content (AvgIpc) is 2.91. The lowest BCUT2D eigenvalue weighted by molar-refractivity contribution is 0.171. The number of rotatable bonds is 1. The van der Waals surface area contributed by atoms with E-state index in [0.717, 1.165) is 24.3 Å². The fourth-order valence-electron chi connectivity index (χ4n) is 2.81. The Kier molecular flexibility index (Phi) is 3.66. The van der Waals surface area contributed by atoms with Crippen molar-refractivity contribution in [1.29, 1.82) is 0 Å². The first-order valence-corrected chi connectivity index (χ1v) is 7.00. The summed E-state index contributed by atoms with van der Waals surface area (Å²) in [5, 5.41) is 9.43. The molecule has 0 fully saturated rings. The Morgan fingerprint density at radius 1 is 1.48 bits per heavy atom. The Morgan fingerprint density at radius 2 is 2.29 bits per heavy atom. The summed E-state index contributed by atoms with van der Waals surface area (Å²) in [6.07, 6.45) is 0.259. The molecule has 1 aromatic carbocycles. The molecule has 2 aliphatic rings. The van der Waals surface area contributed by atoms with Crippen molar-refractivity contribution in [1.82, 2.24) is 4.90 Å². The lowest BCUT2D eigenvalue weighted by atomic mass is 9.91. The lowest BCUT2D eigenvalue weighted by Gasteiger charge is -2.32. The highest BCUT2D eigenvalue weighted by atomic mass is 16.7. The molecule has 5 nitrogen and oxygen atoms in total. The first-order valence-electron chi connectivity index (χ1n) is 7.00. The van der Waals surface area contributed by atoms with Gasteiger partial charge >= 0.3 is 0 Å². The van der Waals surface area contributed by atoms with E-state index in [2.05, 4.69) is 16.7 Å². The van der Waals surface area contributed by atoms with Gasteiger partial charge in [-0.3, -0.25) is 4.90 Å². The van der Waals surface area contributed by atoms with Crippen LogP contribution < -0.4 is 14.2 Å². The Balaban J connectivity index is 2.14. The van der Waals surface area contributed by atoms with Crippen molar-refractivity contribution in [2.45, 2.75) is 25.5 Å². The summed E-state index contributed by atoms with van der Waals surface area (Å²) in [5.74, 6) is 8.06. The van der Waals surface area contributed by atoms with Gasteiger partial charge in [-0.15, -0.1) is 0 Å². The molecule has 0 saturated carbocycles. The molecule has 5 heteroatoms. The minimum Gasteiger partial charge on any atom is -0.492 e. The highest BCUT2D eigenvalue weighted by Gasteiger charge is 2.33. The molecular formula is C16H19NO4. The zero-order valence-electron chi connectivity index (χ0n) is 12.5. The number of ether oxygens (including phenoxy) is 3. The van der Waals surface area contributed by atoms with Crippen LogP contribution in [0.5, 0.6) is 17.2 Å². The number of fused-ring (bicyclic) bond motifs is 2. The number of methoxy groups -OCH3 is 1. The van der Waals surface area contributed by atoms with Gasteiger partial charge in [0.2, 0.25) is 12.5 Å². The number of likely N-dealkylation sites (N-methyl/N-ethyl adjacent to an activating group) is 1. The molecule has 2 aliphatic heterocycles. The number of hydrogen-bond acceptors (Lipinski definition) is 5. The first kappa shape index (κ1) is 14.1. The summed E-state index contributed by atoms with van der Waals surface area (Å²) in [6, 6.07) is 1.90. The minimum atomic E-state index is -0.649. The van der Waals surface area contributed by atoms with Crippen LogP contribution in [0.15, 0.2) is 6.07 Å². The molecule has 0 unspecified atom stereocenters. The number of aliphatic hydroxyl groups excluding tert-OH is 1. The highest BCUT2D eigenvalue weighted by molar-refractivity contribution is 5.62. The normalized spacial score (nSPS) is 21.2. The molecule has 0 saturated heterocycles. The van der Waals surface area contributed by atoms with Gasteiger partial charge in [0, 0.05) is 12.1 Å². The van der Waals surface area contributed by atoms with Crippen LogP contribution in [0.3, 0.4) is 0 Å². The van der Waals surface area contributed by atoms with Crippen LogP contribution in [-0.2, 0) is 6.42 Å². The van der Waals surface area contributed by atoms with Gasteiger partial charge in [0.05, 0.1) is 7.11 Å². The zero-order valence-corrected chi connectivity index (χ0v) is 12.5. The third kappa shape index (κ3) is 2.41. The maximum Gasteiger partial charge on any atom is 0.231 e. The van der Waals surface area contributed by atoms with Crippen LogP contribution in [0.25, 0.3) is 0 Å². The first-order chi connectivity index (χ1) is 10.1. The highest BCUT2D eigenvalue weighted by Crippen LogP contribution is 2.49. The van der Waals surface area contributed by atoms with E-state index in [4.69, 9.17) is 14.2 Å². The maximum atomic E-state index is 9.43. The molecule has 0 aliphatic carbocycles. The largest absolute Gasteiger partial charge is 0.492 e. The van der Waals surface area contributed by atoms with E-state index < -0.39 is 6.10 Å². The smallest absolute Gasteiger partial charge is 0.231 e. The van der Waals surface area contributed by atoms with Gasteiger partial charge in [-0.05, 0) is 32.0 Å². The van der Waals surface area contributed by atoms with Gasteiger partial charge in [-0.25, -0.2) is 0 Å². The number of benzene rings is 1. The van der Waals surface area contributed by atoms with Crippen molar-refractivity contribution in [3.63, 3.8) is 0 Å². The number of hydrogen-bond donors (Lipinski definition) is 1. The number of aliphatic hydroxyl groups is 1. The SMILES string of the molecule is COc1c2c(cc3c1[C@H](C#C[C@@H](C)O)N(C)CC3)OCO2. The van der Waals surface area contributed by atoms with Crippen LogP contribution in [-0.4, -0.2) is 43.6 Å². The van der Waals surface area contributed by atoms with Gasteiger partial charge < -0.3 is 19.3 Å². The molecule has 21 heavy (non-hydrogen) atoms. The van der Waals surface area contributed by atoms with Gasteiger partial charge in [-0.2, -0.15) is 0 Å². The van der Waals surface area contributed by atoms with Crippen molar-refractivity contribution >= 4 is 0 Å². The van der Waals surface area contributed by atoms with E-state index >= 15 is 0 Å². The maximum absolute atomic E-state index is 9.43. The van der Waals surface area contributed by atoms with Crippen molar-refractivity contribution in [3.05, 3.63) is 17.2 Å². The second-order valence-electron chi connectivity index (χ2n) is 5.31. The molecule has 0 aromatic heterocycles. The fourth-order valence-corrected chi connectivity index (χ4v) is 2.81. The minimum absolute atomic E-state index is 0.118. The van der Waals surface area contributed by atoms with Crippen molar-refractivity contribution < 1.29 is 19.3 Å². The molecule has 1 N–H and O–H groups in total. The van der Waals surface area contributed by atoms with Crippen LogP contribution >= 0.6 is 0 Å². The summed E-state index contributed by atoms with van der Waals surface area (Å²) in [6.45, 7) is 2.77. The molecule has 2 heterocycles. The molecule has 0 bridgehead atoms. The third-order valence-corrected chi connectivity index (χ3v) is 3.82. The zero-order chi connectivity index (χ0) is 15.0. The van der Waals surface area contributed by atoms with Gasteiger partial charge in [0.1, 0.15) is 12.1 Å². The van der Waals surface area contributed by atoms with Gasteiger partial charge in [-0.1, -0.05) is 11.8 Å². The molecule has 0 amide bonds. The molecule has 3 rings (SSSR count). The van der Waals surface area contributed by atoms with E-state index in [0.29, 0.717) is 11.5 Å². The third-order valence-electron chi connectivity index (χ3n) is 3.82. The van der Waals surface area contributed by atoms with Crippen LogP contribution in [0.1, 0.15) is 24.1 Å². The predicted molar refractivity (Wildman–Crippen MR) is 77.6 cm³/mol. The quantitative estimate of drug-likeness (QED) is 0.791. The Morgan fingerprint density at radius 3 is 3.00 bits per heavy atom. The predicted octanol–water partition coefficient (Wildman–Crippen LogP) is 1.34. The van der Waals surface area contributed by atoms with Crippen molar-refractivity contribution in [2.24, 2.45) is 0 Å². The van der Waals surface area contributed by atoms with E-state index in [9.17, 15) is 5.11 Å². The Hall–Kier alpha value is -1.90. The Labute approximate surface area is 124 Å². The van der Waals surface area contributed by atoms with Gasteiger partial charge in [0.25, 0.3) is 0 Å². The standard InChI is InChI=1S/C16H19NO4/c1-10(18)4-5-12-14-11(6-7-17(12)2)8-13-15(16(14)19-3)21-9-20-13/h8,10,12,18H,6-7,9H2,1-3H3/t10-,12+/m1/s1.